The highest BCUT2D eigenvalue weighted by atomic mass is 35.5. The van der Waals surface area contributed by atoms with Crippen LogP contribution in [0.3, 0.4) is 0 Å². The van der Waals surface area contributed by atoms with Crippen molar-refractivity contribution in [1.29, 1.82) is 5.26 Å². The molecule has 2 aromatic rings. The molecule has 0 aromatic heterocycles. The van der Waals surface area contributed by atoms with Crippen molar-refractivity contribution in [3.63, 3.8) is 0 Å². The van der Waals surface area contributed by atoms with Crippen LogP contribution in [0.15, 0.2) is 42.5 Å². The number of anilines is 1. The van der Waals surface area contributed by atoms with Crippen LogP contribution >= 0.6 is 11.6 Å². The maximum atomic E-state index is 12.9. The number of non-ortho nitro benzene ring substituents is 1. The van der Waals surface area contributed by atoms with Crippen LogP contribution in [0.1, 0.15) is 33.3 Å². The number of amides is 2. The van der Waals surface area contributed by atoms with Gasteiger partial charge in [0.1, 0.15) is 17.9 Å². The third-order valence-electron chi connectivity index (χ3n) is 6.17. The molecule has 0 saturated heterocycles. The number of hydrogen-bond acceptors (Lipinski definition) is 5. The first kappa shape index (κ1) is 23.4. The summed E-state index contributed by atoms with van der Waals surface area (Å²) in [5, 5.41) is 23.3. The van der Waals surface area contributed by atoms with Gasteiger partial charge in [-0.15, -0.1) is 0 Å². The molecule has 168 valence electrons. The second kappa shape index (κ2) is 8.32. The normalized spacial score (nSPS) is 20.4. The highest BCUT2D eigenvalue weighted by Crippen LogP contribution is 2.55. The minimum absolute atomic E-state index is 0.0354. The maximum Gasteiger partial charge on any atom is 0.321 e. The van der Waals surface area contributed by atoms with Gasteiger partial charge in [-0.1, -0.05) is 39.3 Å². The minimum Gasteiger partial charge on any atom is -0.489 e. The van der Waals surface area contributed by atoms with Crippen molar-refractivity contribution in [2.45, 2.75) is 39.8 Å². The van der Waals surface area contributed by atoms with Crippen LogP contribution in [0.4, 0.5) is 16.2 Å². The van der Waals surface area contributed by atoms with Gasteiger partial charge in [0.05, 0.1) is 15.5 Å². The lowest BCUT2D eigenvalue weighted by Crippen LogP contribution is -2.75. The van der Waals surface area contributed by atoms with E-state index in [9.17, 15) is 14.9 Å². The number of hydrogen-bond donors (Lipinski definition) is 1. The average molecular weight is 457 g/mol. The summed E-state index contributed by atoms with van der Waals surface area (Å²) < 4.78 is 6.23. The van der Waals surface area contributed by atoms with E-state index in [1.165, 1.54) is 29.2 Å². The molecule has 2 amide bonds. The van der Waals surface area contributed by atoms with E-state index in [-0.39, 0.29) is 23.9 Å². The van der Waals surface area contributed by atoms with Crippen molar-refractivity contribution < 1.29 is 14.5 Å². The zero-order chi connectivity index (χ0) is 23.8. The monoisotopic (exact) mass is 456 g/mol. The van der Waals surface area contributed by atoms with Crippen LogP contribution in [0.25, 0.3) is 0 Å². The van der Waals surface area contributed by atoms with Crippen LogP contribution < -0.4 is 15.0 Å². The molecular weight excluding hydrogens is 432 g/mol. The summed E-state index contributed by atoms with van der Waals surface area (Å²) in [4.78, 5) is 24.7. The molecule has 2 aromatic carbocycles. The fourth-order valence-corrected chi connectivity index (χ4v) is 4.94. The maximum absolute atomic E-state index is 12.9. The number of halogens is 1. The number of rotatable bonds is 5. The first-order valence-electron chi connectivity index (χ1n) is 10.0. The third-order valence-corrected chi connectivity index (χ3v) is 6.49. The summed E-state index contributed by atoms with van der Waals surface area (Å²) in [6, 6.07) is 12.3. The van der Waals surface area contributed by atoms with Gasteiger partial charge in [0, 0.05) is 47.8 Å². The molecule has 0 bridgehead atoms. The summed E-state index contributed by atoms with van der Waals surface area (Å²) in [7, 11) is 1.61. The molecule has 0 atom stereocenters. The highest BCUT2D eigenvalue weighted by Gasteiger charge is 2.64. The molecule has 1 N–H and O–H groups in total. The van der Waals surface area contributed by atoms with Crippen molar-refractivity contribution in [1.82, 2.24) is 5.32 Å². The number of carbonyl (C=O) groups is 1. The van der Waals surface area contributed by atoms with Gasteiger partial charge in [0.15, 0.2) is 0 Å². The lowest BCUT2D eigenvalue weighted by Gasteiger charge is -2.63. The Bertz CT molecular complexity index is 1080. The third kappa shape index (κ3) is 4.08. The number of carbonyl (C=O) groups excluding carboxylic acids is 1. The molecule has 1 aliphatic carbocycles. The second-order valence-electron chi connectivity index (χ2n) is 9.11. The number of nitro benzene ring substituents is 1. The number of nitrogens with zero attached hydrogens (tertiary/aromatic N) is 3. The molecule has 0 aliphatic heterocycles. The molecule has 9 heteroatoms. The fourth-order valence-electron chi connectivity index (χ4n) is 4.73. The Morgan fingerprint density at radius 3 is 2.28 bits per heavy atom. The summed E-state index contributed by atoms with van der Waals surface area (Å²) in [6.07, 6.45) is -0.214. The summed E-state index contributed by atoms with van der Waals surface area (Å²) >= 11 is 6.13. The van der Waals surface area contributed by atoms with Gasteiger partial charge in [0.2, 0.25) is 0 Å². The molecule has 3 rings (SSSR count). The zero-order valence-electron chi connectivity index (χ0n) is 18.5. The number of ether oxygens (including phenoxy) is 1. The van der Waals surface area contributed by atoms with Crippen molar-refractivity contribution >= 4 is 29.0 Å². The van der Waals surface area contributed by atoms with Gasteiger partial charge >= 0.3 is 6.03 Å². The van der Waals surface area contributed by atoms with E-state index < -0.39 is 15.8 Å². The van der Waals surface area contributed by atoms with Crippen molar-refractivity contribution in [3.8, 4) is 11.8 Å². The Balaban J connectivity index is 1.72. The molecule has 0 radical (unpaired) electrons. The fraction of sp³-hybridized carbons (Fsp3) is 0.391. The Morgan fingerprint density at radius 2 is 1.78 bits per heavy atom. The van der Waals surface area contributed by atoms with E-state index in [1.807, 2.05) is 33.8 Å². The van der Waals surface area contributed by atoms with Crippen LogP contribution in [0.2, 0.25) is 5.02 Å². The second-order valence-corrected chi connectivity index (χ2v) is 9.52. The Kier molecular flexibility index (Phi) is 6.07. The van der Waals surface area contributed by atoms with Gasteiger partial charge in [-0.05, 0) is 24.3 Å². The molecule has 0 unspecified atom stereocenters. The summed E-state index contributed by atoms with van der Waals surface area (Å²) in [5.74, 6) is 0.563. The number of nitriles is 1. The lowest BCUT2D eigenvalue weighted by atomic mass is 9.49. The number of benzene rings is 2. The topological polar surface area (TPSA) is 109 Å². The molecule has 32 heavy (non-hydrogen) atoms. The minimum atomic E-state index is -0.482. The summed E-state index contributed by atoms with van der Waals surface area (Å²) in [6.45, 7) is 8.08. The smallest absolute Gasteiger partial charge is 0.321 e. The van der Waals surface area contributed by atoms with Crippen molar-refractivity contribution in [2.24, 2.45) is 10.8 Å². The van der Waals surface area contributed by atoms with E-state index >= 15 is 0 Å². The van der Waals surface area contributed by atoms with Crippen LogP contribution in [0, 0.1) is 32.3 Å². The Hall–Kier alpha value is -3.31. The first-order valence-corrected chi connectivity index (χ1v) is 10.4. The average Bonchev–Trinajstić information content (AvgIpc) is 2.74. The van der Waals surface area contributed by atoms with Gasteiger partial charge in [0.25, 0.3) is 5.69 Å². The van der Waals surface area contributed by atoms with Gasteiger partial charge in [-0.25, -0.2) is 4.79 Å². The van der Waals surface area contributed by atoms with E-state index in [4.69, 9.17) is 21.6 Å². The first-order chi connectivity index (χ1) is 14.9. The Morgan fingerprint density at radius 1 is 1.19 bits per heavy atom. The van der Waals surface area contributed by atoms with Crippen LogP contribution in [-0.2, 0) is 0 Å². The number of nitrogens with one attached hydrogen (secondary N) is 1. The molecule has 1 fully saturated rings. The molecule has 1 saturated carbocycles. The highest BCUT2D eigenvalue weighted by molar-refractivity contribution is 6.31. The van der Waals surface area contributed by atoms with E-state index in [2.05, 4.69) is 5.32 Å². The predicted octanol–water partition coefficient (Wildman–Crippen LogP) is 5.15. The molecule has 0 heterocycles. The quantitative estimate of drug-likeness (QED) is 0.494. The van der Waals surface area contributed by atoms with E-state index in [0.717, 1.165) is 0 Å². The standard InChI is InChI=1S/C23H25ClN4O4/c1-22(2)19(26-21(29)27(5)15-7-9-16(10-8-15)28(30)31)23(3,4)20(22)32-17-11-6-14(13-25)18(24)12-17/h6-12,19-20H,1-5H3,(H,26,29). The molecule has 1 aliphatic rings. The van der Waals surface area contributed by atoms with E-state index in [1.54, 1.807) is 25.2 Å². The van der Waals surface area contributed by atoms with E-state index in [0.29, 0.717) is 22.0 Å². The Labute approximate surface area is 191 Å². The van der Waals surface area contributed by atoms with Gasteiger partial charge < -0.3 is 10.1 Å². The van der Waals surface area contributed by atoms with Crippen LogP contribution in [0.5, 0.6) is 5.75 Å². The molecule has 8 nitrogen and oxygen atoms in total. The summed E-state index contributed by atoms with van der Waals surface area (Å²) in [5.41, 5.74) is 0.103. The lowest BCUT2D eigenvalue weighted by molar-refractivity contribution is -0.384. The van der Waals surface area contributed by atoms with Crippen LogP contribution in [-0.4, -0.2) is 30.1 Å². The van der Waals surface area contributed by atoms with Gasteiger partial charge in [-0.2, -0.15) is 5.26 Å². The number of urea groups is 1. The largest absolute Gasteiger partial charge is 0.489 e. The SMILES string of the molecule is CN(C(=O)NC1C(C)(C)C(Oc2ccc(C#N)c(Cl)c2)C1(C)C)c1ccc([N+](=O)[O-])cc1. The predicted molar refractivity (Wildman–Crippen MR) is 122 cm³/mol. The van der Waals surface area contributed by atoms with Gasteiger partial charge in [-0.3, -0.25) is 15.0 Å². The zero-order valence-corrected chi connectivity index (χ0v) is 19.3. The number of nitro groups is 1. The molecular formula is C23H25ClN4O4. The molecule has 0 spiro atoms. The van der Waals surface area contributed by atoms with Crippen molar-refractivity contribution in [3.05, 3.63) is 63.2 Å². The van der Waals surface area contributed by atoms with Crippen molar-refractivity contribution in [2.75, 3.05) is 11.9 Å².